The quantitative estimate of drug-likeness (QED) is 0.821. The summed E-state index contributed by atoms with van der Waals surface area (Å²) < 4.78 is 13.7. The van der Waals surface area contributed by atoms with Gasteiger partial charge in [-0.1, -0.05) is 19.2 Å². The Kier molecular flexibility index (Phi) is 3.05. The first-order valence-corrected chi connectivity index (χ1v) is 7.76. The van der Waals surface area contributed by atoms with Crippen LogP contribution in [0.3, 0.4) is 0 Å². The molecular formula is C16H20FNS. The maximum atomic E-state index is 13.7. The average molecular weight is 277 g/mol. The van der Waals surface area contributed by atoms with Crippen LogP contribution in [0.5, 0.6) is 0 Å². The van der Waals surface area contributed by atoms with Gasteiger partial charge in [-0.2, -0.15) is 0 Å². The van der Waals surface area contributed by atoms with Crippen LogP contribution in [-0.2, 0) is 12.8 Å². The minimum atomic E-state index is -1.06. The molecule has 1 fully saturated rings. The van der Waals surface area contributed by atoms with E-state index in [4.69, 9.17) is 0 Å². The topological polar surface area (TPSA) is 12.0 Å². The van der Waals surface area contributed by atoms with Gasteiger partial charge in [-0.25, -0.2) is 4.39 Å². The monoisotopic (exact) mass is 277 g/mol. The highest BCUT2D eigenvalue weighted by molar-refractivity contribution is 7.16. The van der Waals surface area contributed by atoms with Crippen LogP contribution in [0.15, 0.2) is 18.9 Å². The van der Waals surface area contributed by atoms with Gasteiger partial charge in [-0.3, -0.25) is 0 Å². The van der Waals surface area contributed by atoms with E-state index in [1.807, 2.05) is 6.08 Å². The van der Waals surface area contributed by atoms with Gasteiger partial charge < -0.3 is 5.32 Å². The Labute approximate surface area is 118 Å². The van der Waals surface area contributed by atoms with Crippen molar-refractivity contribution in [3.05, 3.63) is 34.9 Å². The lowest BCUT2D eigenvalue weighted by Gasteiger charge is -2.11. The maximum Gasteiger partial charge on any atom is 0.117 e. The minimum absolute atomic E-state index is 0.0377. The van der Waals surface area contributed by atoms with Gasteiger partial charge in [0, 0.05) is 22.1 Å². The van der Waals surface area contributed by atoms with Crippen molar-refractivity contribution in [2.24, 2.45) is 5.92 Å². The van der Waals surface area contributed by atoms with E-state index in [2.05, 4.69) is 18.5 Å². The van der Waals surface area contributed by atoms with E-state index in [0.717, 1.165) is 17.1 Å². The second kappa shape index (κ2) is 4.48. The molecule has 1 aromatic rings. The summed E-state index contributed by atoms with van der Waals surface area (Å²) >= 11 is 1.79. The van der Waals surface area contributed by atoms with Gasteiger partial charge in [0.2, 0.25) is 0 Å². The van der Waals surface area contributed by atoms with Crippen molar-refractivity contribution in [3.63, 3.8) is 0 Å². The number of hydrogen-bond acceptors (Lipinski definition) is 2. The third kappa shape index (κ3) is 2.25. The molecule has 1 saturated carbocycles. The number of aryl methyl sites for hydroxylation is 1. The molecule has 2 aliphatic rings. The Hall–Kier alpha value is -1.09. The second-order valence-electron chi connectivity index (χ2n) is 5.84. The summed E-state index contributed by atoms with van der Waals surface area (Å²) in [6.07, 6.45) is 7.36. The predicted molar refractivity (Wildman–Crippen MR) is 81.4 cm³/mol. The van der Waals surface area contributed by atoms with Crippen molar-refractivity contribution in [1.82, 2.24) is 0 Å². The van der Waals surface area contributed by atoms with Gasteiger partial charge in [0.05, 0.1) is 0 Å². The number of allylic oxidation sites excluding steroid dienone is 1. The summed E-state index contributed by atoms with van der Waals surface area (Å²) in [5.41, 5.74) is 2.41. The minimum Gasteiger partial charge on any atom is -0.350 e. The summed E-state index contributed by atoms with van der Waals surface area (Å²) in [5, 5.41) is 4.46. The molecule has 0 spiro atoms. The molecule has 102 valence electrons. The molecule has 2 atom stereocenters. The van der Waals surface area contributed by atoms with Crippen LogP contribution in [0.2, 0.25) is 0 Å². The summed E-state index contributed by atoms with van der Waals surface area (Å²) in [4.78, 5) is 1.47. The van der Waals surface area contributed by atoms with Crippen LogP contribution in [0.4, 0.5) is 9.39 Å². The number of rotatable bonds is 4. The van der Waals surface area contributed by atoms with Gasteiger partial charge in [0.25, 0.3) is 0 Å². The standard InChI is InChI=1S/C16H20FNS/c1-4-11-12-7-5-6-8-14(12)19-15(11)18-10(2)13-9-16(13,3)17/h4,13,18H,1-2,5-9H2,3H3. The molecule has 2 aliphatic carbocycles. The first-order valence-electron chi connectivity index (χ1n) is 6.94. The number of hydrogen-bond donors (Lipinski definition) is 1. The highest BCUT2D eigenvalue weighted by Gasteiger charge is 2.52. The van der Waals surface area contributed by atoms with Gasteiger partial charge in [-0.05, 0) is 44.6 Å². The van der Waals surface area contributed by atoms with Gasteiger partial charge in [0.1, 0.15) is 10.7 Å². The Morgan fingerprint density at radius 1 is 1.47 bits per heavy atom. The molecule has 1 aromatic heterocycles. The summed E-state index contributed by atoms with van der Waals surface area (Å²) in [6, 6.07) is 0. The van der Waals surface area contributed by atoms with Crippen LogP contribution < -0.4 is 5.32 Å². The Morgan fingerprint density at radius 3 is 2.79 bits per heavy atom. The summed E-state index contributed by atoms with van der Waals surface area (Å²) in [6.45, 7) is 9.59. The van der Waals surface area contributed by atoms with Crippen molar-refractivity contribution in [2.75, 3.05) is 5.32 Å². The zero-order chi connectivity index (χ0) is 13.6. The first kappa shape index (κ1) is 12.9. The third-order valence-electron chi connectivity index (χ3n) is 4.28. The molecule has 3 heteroatoms. The van der Waals surface area contributed by atoms with E-state index in [1.54, 1.807) is 18.3 Å². The summed E-state index contributed by atoms with van der Waals surface area (Å²) in [5.74, 6) is -0.0377. The van der Waals surface area contributed by atoms with Crippen molar-refractivity contribution in [1.29, 1.82) is 0 Å². The lowest BCUT2D eigenvalue weighted by molar-refractivity contribution is 0.320. The van der Waals surface area contributed by atoms with E-state index in [1.165, 1.54) is 35.3 Å². The fourth-order valence-corrected chi connectivity index (χ4v) is 4.29. The van der Waals surface area contributed by atoms with Crippen LogP contribution >= 0.6 is 11.3 Å². The average Bonchev–Trinajstić information content (AvgIpc) is 2.88. The van der Waals surface area contributed by atoms with Gasteiger partial charge in [-0.15, -0.1) is 11.3 Å². The Bertz CT molecular complexity index is 541. The number of anilines is 1. The molecule has 0 saturated heterocycles. The highest BCUT2D eigenvalue weighted by Crippen LogP contribution is 2.51. The van der Waals surface area contributed by atoms with Crippen molar-refractivity contribution < 1.29 is 4.39 Å². The zero-order valence-electron chi connectivity index (χ0n) is 11.4. The highest BCUT2D eigenvalue weighted by atomic mass is 32.1. The van der Waals surface area contributed by atoms with Crippen LogP contribution in [0, 0.1) is 5.92 Å². The molecule has 1 nitrogen and oxygen atoms in total. The molecule has 0 bridgehead atoms. The van der Waals surface area contributed by atoms with Crippen LogP contribution in [-0.4, -0.2) is 5.67 Å². The Morgan fingerprint density at radius 2 is 2.16 bits per heavy atom. The normalized spacial score (nSPS) is 28.6. The SMILES string of the molecule is C=Cc1c(NC(=C)C2CC2(C)F)sc2c1CCCC2. The molecule has 0 aromatic carbocycles. The Balaban J connectivity index is 1.83. The maximum absolute atomic E-state index is 13.7. The van der Waals surface area contributed by atoms with E-state index in [9.17, 15) is 4.39 Å². The van der Waals surface area contributed by atoms with Crippen molar-refractivity contribution in [2.45, 2.75) is 44.7 Å². The summed E-state index contributed by atoms with van der Waals surface area (Å²) in [7, 11) is 0. The van der Waals surface area contributed by atoms with Gasteiger partial charge in [0.15, 0.2) is 0 Å². The molecule has 1 N–H and O–H groups in total. The molecule has 19 heavy (non-hydrogen) atoms. The molecular weight excluding hydrogens is 257 g/mol. The lowest BCUT2D eigenvalue weighted by Crippen LogP contribution is -2.06. The van der Waals surface area contributed by atoms with Crippen molar-refractivity contribution >= 4 is 22.4 Å². The third-order valence-corrected chi connectivity index (χ3v) is 5.50. The number of fused-ring (bicyclic) bond motifs is 1. The smallest absolute Gasteiger partial charge is 0.117 e. The molecule has 2 unspecified atom stereocenters. The number of alkyl halides is 1. The van der Waals surface area contributed by atoms with E-state index in [0.29, 0.717) is 6.42 Å². The molecule has 0 radical (unpaired) electrons. The molecule has 1 heterocycles. The zero-order valence-corrected chi connectivity index (χ0v) is 12.2. The largest absolute Gasteiger partial charge is 0.350 e. The van der Waals surface area contributed by atoms with Crippen molar-refractivity contribution in [3.8, 4) is 0 Å². The first-order chi connectivity index (χ1) is 9.03. The van der Waals surface area contributed by atoms with E-state index < -0.39 is 5.67 Å². The van der Waals surface area contributed by atoms with Crippen LogP contribution in [0.25, 0.3) is 6.08 Å². The molecule has 0 aliphatic heterocycles. The second-order valence-corrected chi connectivity index (χ2v) is 6.95. The molecule has 3 rings (SSSR count). The number of thiophene rings is 1. The van der Waals surface area contributed by atoms with Gasteiger partial charge >= 0.3 is 0 Å². The fourth-order valence-electron chi connectivity index (χ4n) is 2.96. The predicted octanol–water partition coefficient (Wildman–Crippen LogP) is 4.94. The number of halogens is 1. The number of nitrogens with one attached hydrogen (secondary N) is 1. The van der Waals surface area contributed by atoms with E-state index >= 15 is 0 Å². The fraction of sp³-hybridized carbons (Fsp3) is 0.500. The lowest BCUT2D eigenvalue weighted by atomic mass is 9.95. The molecule has 0 amide bonds. The van der Waals surface area contributed by atoms with Crippen LogP contribution in [0.1, 0.15) is 42.2 Å². The van der Waals surface area contributed by atoms with E-state index in [-0.39, 0.29) is 5.92 Å².